The Balaban J connectivity index is 4.62. The molecule has 0 aliphatic rings. The highest BCUT2D eigenvalue weighted by atomic mass is 31.2. The summed E-state index contributed by atoms with van der Waals surface area (Å²) in [5.41, 5.74) is 0. The van der Waals surface area contributed by atoms with E-state index in [0.717, 1.165) is 0 Å². The SMILES string of the molecule is CCCOP(=O)(O)OC[C@H](COC(=O)C(C)C)OC(=O)C(C)C. The molecule has 0 aliphatic heterocycles. The standard InChI is InChI=1S/C14H27O8P/c1-6-7-20-23(17,18)21-9-12(22-14(16)11(4)5)8-19-13(15)10(2)3/h10-12H,6-9H2,1-5H3,(H,17,18)/t12-/m0/s1. The summed E-state index contributed by atoms with van der Waals surface area (Å²) in [6, 6.07) is 0. The van der Waals surface area contributed by atoms with E-state index in [0.29, 0.717) is 6.42 Å². The third kappa shape index (κ3) is 10.4. The van der Waals surface area contributed by atoms with Crippen molar-refractivity contribution >= 4 is 19.8 Å². The average Bonchev–Trinajstić information content (AvgIpc) is 2.47. The molecule has 0 spiro atoms. The van der Waals surface area contributed by atoms with E-state index in [9.17, 15) is 19.0 Å². The monoisotopic (exact) mass is 354 g/mol. The van der Waals surface area contributed by atoms with E-state index in [1.165, 1.54) is 0 Å². The Bertz CT molecular complexity index is 421. The predicted molar refractivity (Wildman–Crippen MR) is 82.5 cm³/mol. The number of phosphoric ester groups is 1. The van der Waals surface area contributed by atoms with Crippen molar-refractivity contribution in [3.8, 4) is 0 Å². The molecule has 1 N–H and O–H groups in total. The van der Waals surface area contributed by atoms with Crippen LogP contribution in [-0.2, 0) is 32.7 Å². The molecule has 0 heterocycles. The van der Waals surface area contributed by atoms with Gasteiger partial charge in [-0.3, -0.25) is 18.6 Å². The van der Waals surface area contributed by atoms with Crippen LogP contribution in [0, 0.1) is 11.8 Å². The second-order valence-corrected chi connectivity index (χ2v) is 7.05. The van der Waals surface area contributed by atoms with E-state index in [2.05, 4.69) is 4.52 Å². The number of carbonyl (C=O) groups is 2. The molecule has 0 saturated carbocycles. The maximum atomic E-state index is 11.6. The first kappa shape index (κ1) is 22.1. The van der Waals surface area contributed by atoms with Crippen molar-refractivity contribution in [1.82, 2.24) is 0 Å². The first-order valence-corrected chi connectivity index (χ1v) is 9.07. The van der Waals surface area contributed by atoms with Crippen LogP contribution in [0.2, 0.25) is 0 Å². The average molecular weight is 354 g/mol. The van der Waals surface area contributed by atoms with E-state index in [-0.39, 0.29) is 19.1 Å². The molecule has 23 heavy (non-hydrogen) atoms. The summed E-state index contributed by atoms with van der Waals surface area (Å²) in [7, 11) is -4.23. The highest BCUT2D eigenvalue weighted by molar-refractivity contribution is 7.47. The summed E-state index contributed by atoms with van der Waals surface area (Å²) >= 11 is 0. The van der Waals surface area contributed by atoms with Crippen molar-refractivity contribution in [2.24, 2.45) is 11.8 Å². The van der Waals surface area contributed by atoms with Gasteiger partial charge in [-0.05, 0) is 6.42 Å². The molecule has 0 bridgehead atoms. The van der Waals surface area contributed by atoms with Crippen LogP contribution >= 0.6 is 7.82 Å². The predicted octanol–water partition coefficient (Wildman–Crippen LogP) is 2.30. The molecular formula is C14H27O8P. The highest BCUT2D eigenvalue weighted by Gasteiger charge is 2.26. The van der Waals surface area contributed by atoms with Crippen molar-refractivity contribution in [3.05, 3.63) is 0 Å². The molecule has 0 amide bonds. The maximum absolute atomic E-state index is 11.6. The van der Waals surface area contributed by atoms with Gasteiger partial charge in [-0.1, -0.05) is 34.6 Å². The molecule has 0 aromatic heterocycles. The van der Waals surface area contributed by atoms with Crippen molar-refractivity contribution < 1.29 is 37.6 Å². The Kier molecular flexibility index (Phi) is 10.3. The Morgan fingerprint density at radius 3 is 2.04 bits per heavy atom. The molecule has 0 fully saturated rings. The molecule has 1 unspecified atom stereocenters. The largest absolute Gasteiger partial charge is 0.472 e. The lowest BCUT2D eigenvalue weighted by molar-refractivity contribution is -0.165. The number of carbonyl (C=O) groups excluding carboxylic acids is 2. The number of esters is 2. The van der Waals surface area contributed by atoms with E-state index in [4.69, 9.17) is 14.0 Å². The molecule has 136 valence electrons. The lowest BCUT2D eigenvalue weighted by Gasteiger charge is -2.21. The van der Waals surface area contributed by atoms with Gasteiger partial charge in [0.05, 0.1) is 25.0 Å². The molecule has 0 aliphatic carbocycles. The van der Waals surface area contributed by atoms with Crippen molar-refractivity contribution in [1.29, 1.82) is 0 Å². The van der Waals surface area contributed by atoms with E-state index < -0.39 is 38.4 Å². The number of hydrogen-bond acceptors (Lipinski definition) is 7. The summed E-state index contributed by atoms with van der Waals surface area (Å²) in [6.45, 7) is 7.77. The second kappa shape index (κ2) is 10.8. The molecule has 8 nitrogen and oxygen atoms in total. The minimum absolute atomic E-state index is 0.0621. The smallest absolute Gasteiger partial charge is 0.461 e. The van der Waals surface area contributed by atoms with Gasteiger partial charge in [0.2, 0.25) is 0 Å². The maximum Gasteiger partial charge on any atom is 0.472 e. The lowest BCUT2D eigenvalue weighted by atomic mass is 10.2. The fourth-order valence-corrected chi connectivity index (χ4v) is 2.02. The number of phosphoric acid groups is 1. The summed E-state index contributed by atoms with van der Waals surface area (Å²) in [5.74, 6) is -1.73. The van der Waals surface area contributed by atoms with Gasteiger partial charge >= 0.3 is 19.8 Å². The van der Waals surface area contributed by atoms with Gasteiger partial charge < -0.3 is 14.4 Å². The zero-order chi connectivity index (χ0) is 18.0. The van der Waals surface area contributed by atoms with E-state index in [1.54, 1.807) is 34.6 Å². The quantitative estimate of drug-likeness (QED) is 0.445. The van der Waals surface area contributed by atoms with Crippen LogP contribution in [0.5, 0.6) is 0 Å². The Morgan fingerprint density at radius 1 is 1.00 bits per heavy atom. The molecular weight excluding hydrogens is 327 g/mol. The fourth-order valence-electron chi connectivity index (χ4n) is 1.18. The molecule has 2 atom stereocenters. The van der Waals surface area contributed by atoms with Gasteiger partial charge in [-0.2, -0.15) is 0 Å². The number of ether oxygens (including phenoxy) is 2. The molecule has 0 saturated heterocycles. The van der Waals surface area contributed by atoms with Crippen LogP contribution in [0.3, 0.4) is 0 Å². The zero-order valence-electron chi connectivity index (χ0n) is 14.3. The second-order valence-electron chi connectivity index (χ2n) is 5.60. The van der Waals surface area contributed by atoms with Crippen LogP contribution in [-0.4, -0.2) is 42.8 Å². The Hall–Kier alpha value is -0.950. The minimum atomic E-state index is -4.23. The third-order valence-corrected chi connectivity index (χ3v) is 3.50. The van der Waals surface area contributed by atoms with Gasteiger partial charge in [-0.15, -0.1) is 0 Å². The lowest BCUT2D eigenvalue weighted by Crippen LogP contribution is -2.31. The highest BCUT2D eigenvalue weighted by Crippen LogP contribution is 2.43. The summed E-state index contributed by atoms with van der Waals surface area (Å²) in [4.78, 5) is 32.6. The molecule has 0 aromatic rings. The summed E-state index contributed by atoms with van der Waals surface area (Å²) in [5, 5.41) is 0. The van der Waals surface area contributed by atoms with Crippen molar-refractivity contribution in [2.45, 2.75) is 47.1 Å². The Labute approximate surface area is 137 Å². The summed E-state index contributed by atoms with van der Waals surface area (Å²) in [6.07, 6.45) is -0.440. The van der Waals surface area contributed by atoms with E-state index in [1.807, 2.05) is 0 Å². The Morgan fingerprint density at radius 2 is 1.57 bits per heavy atom. The van der Waals surface area contributed by atoms with Crippen LogP contribution in [0.15, 0.2) is 0 Å². The van der Waals surface area contributed by atoms with Gasteiger partial charge in [0.15, 0.2) is 6.10 Å². The molecule has 9 heteroatoms. The number of hydrogen-bond donors (Lipinski definition) is 1. The van der Waals surface area contributed by atoms with Crippen LogP contribution < -0.4 is 0 Å². The van der Waals surface area contributed by atoms with Gasteiger partial charge in [0.1, 0.15) is 6.61 Å². The van der Waals surface area contributed by atoms with Gasteiger partial charge in [0.25, 0.3) is 0 Å². The van der Waals surface area contributed by atoms with Gasteiger partial charge in [-0.25, -0.2) is 4.57 Å². The van der Waals surface area contributed by atoms with Gasteiger partial charge in [0, 0.05) is 0 Å². The van der Waals surface area contributed by atoms with Crippen molar-refractivity contribution in [2.75, 3.05) is 19.8 Å². The van der Waals surface area contributed by atoms with E-state index >= 15 is 0 Å². The van der Waals surface area contributed by atoms with Crippen molar-refractivity contribution in [3.63, 3.8) is 0 Å². The van der Waals surface area contributed by atoms with Crippen LogP contribution in [0.4, 0.5) is 0 Å². The fraction of sp³-hybridized carbons (Fsp3) is 0.857. The van der Waals surface area contributed by atoms with Crippen LogP contribution in [0.25, 0.3) is 0 Å². The normalized spacial score (nSPS) is 15.3. The molecule has 0 radical (unpaired) electrons. The topological polar surface area (TPSA) is 108 Å². The summed E-state index contributed by atoms with van der Waals surface area (Å²) < 4.78 is 31.2. The first-order chi connectivity index (χ1) is 10.6. The molecule has 0 rings (SSSR count). The number of rotatable bonds is 11. The van der Waals surface area contributed by atoms with Crippen LogP contribution in [0.1, 0.15) is 41.0 Å². The first-order valence-electron chi connectivity index (χ1n) is 7.58. The third-order valence-electron chi connectivity index (χ3n) is 2.52. The molecule has 0 aromatic carbocycles. The minimum Gasteiger partial charge on any atom is -0.461 e. The zero-order valence-corrected chi connectivity index (χ0v) is 15.2.